The lowest BCUT2D eigenvalue weighted by Crippen LogP contribution is -2.46. The number of piperazine rings is 1. The summed E-state index contributed by atoms with van der Waals surface area (Å²) in [5, 5.41) is 2.86. The van der Waals surface area contributed by atoms with Crippen molar-refractivity contribution in [3.8, 4) is 5.75 Å². The van der Waals surface area contributed by atoms with E-state index in [0.29, 0.717) is 12.1 Å². The Morgan fingerprint density at radius 2 is 1.68 bits per heavy atom. The average Bonchev–Trinajstić information content (AvgIpc) is 2.79. The van der Waals surface area contributed by atoms with Crippen LogP contribution in [0.25, 0.3) is 0 Å². The molecule has 8 heteroatoms. The van der Waals surface area contributed by atoms with Gasteiger partial charge in [0.25, 0.3) is 0 Å². The molecule has 0 bridgehead atoms. The zero-order valence-electron chi connectivity index (χ0n) is 19.9. The van der Waals surface area contributed by atoms with Gasteiger partial charge in [0.15, 0.2) is 0 Å². The van der Waals surface area contributed by atoms with Crippen molar-refractivity contribution in [3.63, 3.8) is 0 Å². The van der Waals surface area contributed by atoms with Gasteiger partial charge in [0.1, 0.15) is 5.75 Å². The van der Waals surface area contributed by atoms with Gasteiger partial charge in [-0.2, -0.15) is 13.2 Å². The van der Waals surface area contributed by atoms with Gasteiger partial charge in [0.05, 0.1) is 23.8 Å². The van der Waals surface area contributed by atoms with E-state index in [1.807, 2.05) is 32.0 Å². The Hall–Kier alpha value is -2.74. The third kappa shape index (κ3) is 7.94. The molecule has 1 fully saturated rings. The van der Waals surface area contributed by atoms with Gasteiger partial charge in [-0.3, -0.25) is 9.69 Å². The smallest absolute Gasteiger partial charge is 0.416 e. The quantitative estimate of drug-likeness (QED) is 0.502. The Morgan fingerprint density at radius 3 is 2.32 bits per heavy atom. The lowest BCUT2D eigenvalue weighted by molar-refractivity contribution is -0.137. The molecule has 1 amide bonds. The second-order valence-electron chi connectivity index (χ2n) is 8.89. The van der Waals surface area contributed by atoms with E-state index in [1.54, 1.807) is 0 Å². The van der Waals surface area contributed by atoms with Crippen LogP contribution < -0.4 is 15.0 Å². The molecule has 0 aliphatic carbocycles. The highest BCUT2D eigenvalue weighted by molar-refractivity contribution is 5.78. The van der Waals surface area contributed by atoms with E-state index in [0.717, 1.165) is 69.1 Å². The van der Waals surface area contributed by atoms with Crippen LogP contribution >= 0.6 is 0 Å². The Bertz CT molecular complexity index is 908. The predicted molar refractivity (Wildman–Crippen MR) is 128 cm³/mol. The molecule has 2 aromatic carbocycles. The maximum absolute atomic E-state index is 12.6. The largest absolute Gasteiger partial charge is 0.489 e. The van der Waals surface area contributed by atoms with E-state index in [-0.39, 0.29) is 18.4 Å². The Labute approximate surface area is 199 Å². The third-order valence-electron chi connectivity index (χ3n) is 5.81. The summed E-state index contributed by atoms with van der Waals surface area (Å²) < 4.78 is 43.8. The SMILES string of the molecule is CC(C)Oc1ccccc1N1CCN(CCCCNC(=O)Cc2ccc(C(F)(F)F)cc2)CC1. The van der Waals surface area contributed by atoms with Crippen LogP contribution in [0.1, 0.15) is 37.8 Å². The van der Waals surface area contributed by atoms with Crippen LogP contribution in [-0.4, -0.2) is 56.2 Å². The Morgan fingerprint density at radius 1 is 1.00 bits per heavy atom. The van der Waals surface area contributed by atoms with E-state index >= 15 is 0 Å². The minimum absolute atomic E-state index is 0.0854. The maximum atomic E-state index is 12.6. The molecule has 1 N–H and O–H groups in total. The first kappa shape index (κ1) is 25.9. The van der Waals surface area contributed by atoms with E-state index in [4.69, 9.17) is 4.74 Å². The number of ether oxygens (including phenoxy) is 1. The van der Waals surface area contributed by atoms with Gasteiger partial charge in [0.2, 0.25) is 5.91 Å². The first-order valence-electron chi connectivity index (χ1n) is 11.9. The molecule has 0 atom stereocenters. The van der Waals surface area contributed by atoms with E-state index in [9.17, 15) is 18.0 Å². The fraction of sp³-hybridized carbons (Fsp3) is 0.500. The molecule has 0 radical (unpaired) electrons. The lowest BCUT2D eigenvalue weighted by atomic mass is 10.1. The minimum atomic E-state index is -4.36. The monoisotopic (exact) mass is 477 g/mol. The molecule has 0 spiro atoms. The van der Waals surface area contributed by atoms with Gasteiger partial charge in [-0.15, -0.1) is 0 Å². The number of nitrogens with zero attached hydrogens (tertiary/aromatic N) is 2. The summed E-state index contributed by atoms with van der Waals surface area (Å²) in [6.07, 6.45) is -2.29. The van der Waals surface area contributed by atoms with Gasteiger partial charge in [-0.1, -0.05) is 24.3 Å². The molecule has 186 valence electrons. The predicted octanol–water partition coefficient (Wildman–Crippen LogP) is 4.75. The van der Waals surface area contributed by atoms with Crippen molar-refractivity contribution in [1.82, 2.24) is 10.2 Å². The normalized spacial score (nSPS) is 14.9. The number of nitrogens with one attached hydrogen (secondary N) is 1. The van der Waals surface area contributed by atoms with Crippen molar-refractivity contribution in [2.75, 3.05) is 44.2 Å². The van der Waals surface area contributed by atoms with Crippen LogP contribution in [-0.2, 0) is 17.4 Å². The van der Waals surface area contributed by atoms with Gasteiger partial charge >= 0.3 is 6.18 Å². The van der Waals surface area contributed by atoms with Crippen molar-refractivity contribution >= 4 is 11.6 Å². The summed E-state index contributed by atoms with van der Waals surface area (Å²) in [7, 11) is 0. The summed E-state index contributed by atoms with van der Waals surface area (Å²) in [5.74, 6) is 0.758. The molecule has 2 aromatic rings. The van der Waals surface area contributed by atoms with Crippen LogP contribution in [0, 0.1) is 0 Å². The van der Waals surface area contributed by atoms with Gasteiger partial charge in [0, 0.05) is 32.7 Å². The summed E-state index contributed by atoms with van der Waals surface area (Å²) in [6.45, 7) is 9.47. The van der Waals surface area contributed by atoms with Gasteiger partial charge in [-0.05, 0) is 63.1 Å². The van der Waals surface area contributed by atoms with Crippen molar-refractivity contribution in [2.24, 2.45) is 0 Å². The number of para-hydroxylation sites is 2. The number of hydrogen-bond acceptors (Lipinski definition) is 4. The van der Waals surface area contributed by atoms with Gasteiger partial charge < -0.3 is 15.0 Å². The molecular weight excluding hydrogens is 443 g/mol. The van der Waals surface area contributed by atoms with Crippen molar-refractivity contribution in [1.29, 1.82) is 0 Å². The number of anilines is 1. The van der Waals surface area contributed by atoms with Crippen LogP contribution in [0.2, 0.25) is 0 Å². The number of rotatable bonds is 10. The number of halogens is 3. The average molecular weight is 478 g/mol. The van der Waals surface area contributed by atoms with E-state index < -0.39 is 11.7 Å². The highest BCUT2D eigenvalue weighted by atomic mass is 19.4. The molecule has 1 aliphatic heterocycles. The molecule has 5 nitrogen and oxygen atoms in total. The first-order chi connectivity index (χ1) is 16.2. The number of alkyl halides is 3. The zero-order valence-corrected chi connectivity index (χ0v) is 19.9. The maximum Gasteiger partial charge on any atom is 0.416 e. The van der Waals surface area contributed by atoms with E-state index in [1.165, 1.54) is 12.1 Å². The summed E-state index contributed by atoms with van der Waals surface area (Å²) in [4.78, 5) is 16.9. The molecule has 0 aromatic heterocycles. The second-order valence-corrected chi connectivity index (χ2v) is 8.89. The molecule has 0 unspecified atom stereocenters. The number of benzene rings is 2. The van der Waals surface area contributed by atoms with Crippen LogP contribution in [0.3, 0.4) is 0 Å². The minimum Gasteiger partial charge on any atom is -0.489 e. The lowest BCUT2D eigenvalue weighted by Gasteiger charge is -2.37. The molecule has 1 heterocycles. The molecule has 0 saturated carbocycles. The van der Waals surface area contributed by atoms with Crippen LogP contribution in [0.15, 0.2) is 48.5 Å². The third-order valence-corrected chi connectivity index (χ3v) is 5.81. The summed E-state index contributed by atoms with van der Waals surface area (Å²) in [5.41, 5.74) is 1.01. The number of carbonyl (C=O) groups excluding carboxylic acids is 1. The molecule has 3 rings (SSSR count). The van der Waals surface area contributed by atoms with E-state index in [2.05, 4.69) is 21.2 Å². The topological polar surface area (TPSA) is 44.8 Å². The molecular formula is C26H34F3N3O2. The fourth-order valence-electron chi connectivity index (χ4n) is 4.03. The number of hydrogen-bond donors (Lipinski definition) is 1. The molecule has 34 heavy (non-hydrogen) atoms. The highest BCUT2D eigenvalue weighted by Gasteiger charge is 2.30. The standard InChI is InChI=1S/C26H34F3N3O2/c1-20(2)34-24-8-4-3-7-23(24)32-17-15-31(16-18-32)14-6-5-13-30-25(33)19-21-9-11-22(12-10-21)26(27,28)29/h3-4,7-12,20H,5-6,13-19H2,1-2H3,(H,30,33). The fourth-order valence-corrected chi connectivity index (χ4v) is 4.03. The highest BCUT2D eigenvalue weighted by Crippen LogP contribution is 2.30. The number of unbranched alkanes of at least 4 members (excludes halogenated alkanes) is 1. The Kier molecular flexibility index (Phi) is 9.21. The first-order valence-corrected chi connectivity index (χ1v) is 11.9. The van der Waals surface area contributed by atoms with Crippen LogP contribution in [0.4, 0.5) is 18.9 Å². The Balaban J connectivity index is 1.31. The number of amides is 1. The zero-order chi connectivity index (χ0) is 24.6. The van der Waals surface area contributed by atoms with Crippen molar-refractivity contribution < 1.29 is 22.7 Å². The number of carbonyl (C=O) groups is 1. The molecule has 1 saturated heterocycles. The summed E-state index contributed by atoms with van der Waals surface area (Å²) >= 11 is 0. The van der Waals surface area contributed by atoms with Crippen LogP contribution in [0.5, 0.6) is 5.75 Å². The van der Waals surface area contributed by atoms with Crippen molar-refractivity contribution in [2.45, 2.75) is 45.4 Å². The van der Waals surface area contributed by atoms with Gasteiger partial charge in [-0.25, -0.2) is 0 Å². The summed E-state index contributed by atoms with van der Waals surface area (Å²) in [6, 6.07) is 12.9. The molecule has 1 aliphatic rings. The van der Waals surface area contributed by atoms with Crippen molar-refractivity contribution in [3.05, 3.63) is 59.7 Å². The second kappa shape index (κ2) is 12.1.